The number of rotatable bonds is 6. The summed E-state index contributed by atoms with van der Waals surface area (Å²) in [4.78, 5) is 15.7. The zero-order chi connectivity index (χ0) is 18.7. The number of nitrogens with zero attached hydrogens (tertiary/aromatic N) is 1. The lowest BCUT2D eigenvalue weighted by atomic mass is 9.75. The summed E-state index contributed by atoms with van der Waals surface area (Å²) in [6, 6.07) is 11.9. The largest absolute Gasteiger partial charge is 0.493 e. The Morgan fingerprint density at radius 3 is 2.67 bits per heavy atom. The van der Waals surface area contributed by atoms with Crippen molar-refractivity contribution in [2.75, 3.05) is 39.5 Å². The van der Waals surface area contributed by atoms with Crippen LogP contribution in [-0.2, 0) is 4.74 Å². The van der Waals surface area contributed by atoms with Crippen LogP contribution in [0, 0.1) is 0 Å². The average Bonchev–Trinajstić information content (AvgIpc) is 2.68. The van der Waals surface area contributed by atoms with Crippen LogP contribution in [0.1, 0.15) is 36.5 Å². The van der Waals surface area contributed by atoms with Crippen LogP contribution in [0.25, 0.3) is 10.8 Å². The van der Waals surface area contributed by atoms with Gasteiger partial charge in [-0.1, -0.05) is 30.3 Å². The molecule has 0 atom stereocenters. The van der Waals surface area contributed by atoms with E-state index in [1.165, 1.54) is 6.42 Å². The highest BCUT2D eigenvalue weighted by atomic mass is 16.5. The zero-order valence-corrected chi connectivity index (χ0v) is 16.0. The van der Waals surface area contributed by atoms with E-state index in [-0.39, 0.29) is 11.4 Å². The minimum atomic E-state index is -0.0465. The van der Waals surface area contributed by atoms with Gasteiger partial charge in [-0.2, -0.15) is 0 Å². The van der Waals surface area contributed by atoms with Gasteiger partial charge in [-0.05, 0) is 43.0 Å². The zero-order valence-electron chi connectivity index (χ0n) is 16.0. The molecule has 1 heterocycles. The molecule has 2 aliphatic rings. The van der Waals surface area contributed by atoms with Gasteiger partial charge in [-0.25, -0.2) is 0 Å². The Balaban J connectivity index is 1.56. The van der Waals surface area contributed by atoms with E-state index in [0.717, 1.165) is 49.9 Å². The van der Waals surface area contributed by atoms with E-state index in [4.69, 9.17) is 9.47 Å². The van der Waals surface area contributed by atoms with E-state index >= 15 is 0 Å². The Labute approximate surface area is 160 Å². The molecule has 0 spiro atoms. The standard InChI is InChI=1S/C22H28N2O3/c1-2-27-19-9-8-17-6-3-4-7-18(17)20(19)21(25)23-16-22(10-5-11-22)24-12-14-26-15-13-24/h3-4,6-9H,2,5,10-16H2,1H3,(H,23,25). The molecule has 2 fully saturated rings. The van der Waals surface area contributed by atoms with Crippen molar-refractivity contribution in [2.24, 2.45) is 0 Å². The summed E-state index contributed by atoms with van der Waals surface area (Å²) in [6.07, 6.45) is 3.51. The second-order valence-electron chi connectivity index (χ2n) is 7.45. The van der Waals surface area contributed by atoms with Crippen LogP contribution in [0.2, 0.25) is 0 Å². The number of fused-ring (bicyclic) bond motifs is 1. The van der Waals surface area contributed by atoms with Crippen molar-refractivity contribution in [2.45, 2.75) is 31.7 Å². The van der Waals surface area contributed by atoms with Crippen LogP contribution in [0.4, 0.5) is 0 Å². The topological polar surface area (TPSA) is 50.8 Å². The monoisotopic (exact) mass is 368 g/mol. The van der Waals surface area contributed by atoms with Gasteiger partial charge in [0, 0.05) is 25.2 Å². The lowest BCUT2D eigenvalue weighted by Gasteiger charge is -2.51. The lowest BCUT2D eigenvalue weighted by molar-refractivity contribution is -0.0540. The van der Waals surface area contributed by atoms with Crippen LogP contribution in [-0.4, -0.2) is 55.8 Å². The summed E-state index contributed by atoms with van der Waals surface area (Å²) in [5.41, 5.74) is 0.738. The second kappa shape index (κ2) is 7.87. The number of benzene rings is 2. The summed E-state index contributed by atoms with van der Waals surface area (Å²) in [7, 11) is 0. The van der Waals surface area contributed by atoms with E-state index in [9.17, 15) is 4.79 Å². The van der Waals surface area contributed by atoms with Gasteiger partial charge in [-0.15, -0.1) is 0 Å². The third-order valence-corrected chi connectivity index (χ3v) is 5.96. The second-order valence-corrected chi connectivity index (χ2v) is 7.45. The van der Waals surface area contributed by atoms with Gasteiger partial charge in [0.2, 0.25) is 0 Å². The molecule has 0 bridgehead atoms. The predicted molar refractivity (Wildman–Crippen MR) is 106 cm³/mol. The highest BCUT2D eigenvalue weighted by molar-refractivity contribution is 6.09. The molecular formula is C22H28N2O3. The van der Waals surface area contributed by atoms with Crippen LogP contribution in [0.3, 0.4) is 0 Å². The molecule has 5 nitrogen and oxygen atoms in total. The summed E-state index contributed by atoms with van der Waals surface area (Å²) < 4.78 is 11.3. The van der Waals surface area contributed by atoms with Crippen LogP contribution >= 0.6 is 0 Å². The fourth-order valence-corrected chi connectivity index (χ4v) is 4.32. The number of amides is 1. The molecule has 1 amide bonds. The quantitative estimate of drug-likeness (QED) is 0.851. The van der Waals surface area contributed by atoms with Crippen molar-refractivity contribution >= 4 is 16.7 Å². The first kappa shape index (κ1) is 18.3. The highest BCUT2D eigenvalue weighted by Crippen LogP contribution is 2.38. The van der Waals surface area contributed by atoms with Gasteiger partial charge >= 0.3 is 0 Å². The average molecular weight is 368 g/mol. The molecule has 1 saturated carbocycles. The Morgan fingerprint density at radius 2 is 1.96 bits per heavy atom. The number of carbonyl (C=O) groups is 1. The van der Waals surface area contributed by atoms with Gasteiger partial charge in [-0.3, -0.25) is 9.69 Å². The molecule has 4 rings (SSSR count). The Kier molecular flexibility index (Phi) is 5.32. The maximum atomic E-state index is 13.2. The van der Waals surface area contributed by atoms with E-state index in [0.29, 0.717) is 24.5 Å². The fraction of sp³-hybridized carbons (Fsp3) is 0.500. The fourth-order valence-electron chi connectivity index (χ4n) is 4.32. The SMILES string of the molecule is CCOc1ccc2ccccc2c1C(=O)NCC1(N2CCOCC2)CCC1. The van der Waals surface area contributed by atoms with Crippen LogP contribution < -0.4 is 10.1 Å². The molecule has 1 N–H and O–H groups in total. The maximum Gasteiger partial charge on any atom is 0.255 e. The first-order valence-corrected chi connectivity index (χ1v) is 9.99. The molecule has 0 unspecified atom stereocenters. The number of nitrogens with one attached hydrogen (secondary N) is 1. The predicted octanol–water partition coefficient (Wildman–Crippen LogP) is 3.22. The normalized spacial score (nSPS) is 19.4. The van der Waals surface area contributed by atoms with E-state index in [1.807, 2.05) is 43.3 Å². The molecule has 144 valence electrons. The van der Waals surface area contributed by atoms with Crippen molar-refractivity contribution in [1.29, 1.82) is 0 Å². The van der Waals surface area contributed by atoms with Crippen molar-refractivity contribution < 1.29 is 14.3 Å². The molecule has 0 radical (unpaired) electrons. The number of ether oxygens (including phenoxy) is 2. The van der Waals surface area contributed by atoms with Gasteiger partial charge in [0.1, 0.15) is 5.75 Å². The number of carbonyl (C=O) groups excluding carboxylic acids is 1. The molecular weight excluding hydrogens is 340 g/mol. The maximum absolute atomic E-state index is 13.2. The first-order chi connectivity index (χ1) is 13.2. The summed E-state index contributed by atoms with van der Waals surface area (Å²) in [5, 5.41) is 5.22. The molecule has 27 heavy (non-hydrogen) atoms. The van der Waals surface area contributed by atoms with Crippen molar-refractivity contribution in [3.8, 4) is 5.75 Å². The van der Waals surface area contributed by atoms with E-state index < -0.39 is 0 Å². The smallest absolute Gasteiger partial charge is 0.255 e. The molecule has 1 aliphatic heterocycles. The molecule has 1 aliphatic carbocycles. The first-order valence-electron chi connectivity index (χ1n) is 9.99. The van der Waals surface area contributed by atoms with Gasteiger partial charge in [0.15, 0.2) is 0 Å². The number of hydrogen-bond acceptors (Lipinski definition) is 4. The van der Waals surface area contributed by atoms with Crippen LogP contribution in [0.5, 0.6) is 5.75 Å². The van der Waals surface area contributed by atoms with E-state index in [1.54, 1.807) is 0 Å². The third kappa shape index (κ3) is 3.54. The molecule has 0 aromatic heterocycles. The lowest BCUT2D eigenvalue weighted by Crippen LogP contribution is -2.62. The summed E-state index contributed by atoms with van der Waals surface area (Å²) >= 11 is 0. The van der Waals surface area contributed by atoms with Gasteiger partial charge in [0.25, 0.3) is 5.91 Å². The minimum Gasteiger partial charge on any atom is -0.493 e. The van der Waals surface area contributed by atoms with Crippen molar-refractivity contribution in [1.82, 2.24) is 10.2 Å². The summed E-state index contributed by atoms with van der Waals surface area (Å²) in [5.74, 6) is 0.609. The Bertz CT molecular complexity index is 810. The van der Waals surface area contributed by atoms with Crippen molar-refractivity contribution in [3.05, 3.63) is 42.0 Å². The third-order valence-electron chi connectivity index (χ3n) is 5.96. The number of hydrogen-bond donors (Lipinski definition) is 1. The minimum absolute atomic E-state index is 0.0465. The van der Waals surface area contributed by atoms with Crippen molar-refractivity contribution in [3.63, 3.8) is 0 Å². The molecule has 2 aromatic rings. The number of morpholine rings is 1. The van der Waals surface area contributed by atoms with Gasteiger partial charge in [0.05, 0.1) is 25.4 Å². The van der Waals surface area contributed by atoms with Gasteiger partial charge < -0.3 is 14.8 Å². The molecule has 5 heteroatoms. The highest BCUT2D eigenvalue weighted by Gasteiger charge is 2.43. The Morgan fingerprint density at radius 1 is 1.19 bits per heavy atom. The molecule has 2 aromatic carbocycles. The van der Waals surface area contributed by atoms with E-state index in [2.05, 4.69) is 10.2 Å². The Hall–Kier alpha value is -2.11. The van der Waals surface area contributed by atoms with Crippen LogP contribution in [0.15, 0.2) is 36.4 Å². The molecule has 1 saturated heterocycles. The summed E-state index contributed by atoms with van der Waals surface area (Å²) in [6.45, 7) is 6.64.